The van der Waals surface area contributed by atoms with E-state index in [1.165, 1.54) is 12.7 Å². The second kappa shape index (κ2) is 10.3. The molecule has 12 heteroatoms. The van der Waals surface area contributed by atoms with Gasteiger partial charge in [-0.1, -0.05) is 0 Å². The lowest BCUT2D eigenvalue weighted by molar-refractivity contribution is 0.909. The van der Waals surface area contributed by atoms with Crippen molar-refractivity contribution in [3.8, 4) is 0 Å². The number of nitrogens with zero attached hydrogens (tertiary/aromatic N) is 8. The van der Waals surface area contributed by atoms with Crippen LogP contribution in [0.5, 0.6) is 0 Å². The number of anilines is 2. The van der Waals surface area contributed by atoms with Gasteiger partial charge in [-0.3, -0.25) is 0 Å². The number of H-pyrrole nitrogens is 2. The normalized spacial score (nSPS) is 11.4. The Balaban J connectivity index is 1.15. The number of aromatic nitrogens is 6. The first-order valence-electron chi connectivity index (χ1n) is 9.57. The molecule has 12 nitrogen and oxygen atoms in total. The third-order valence-electron chi connectivity index (χ3n) is 4.07. The van der Waals surface area contributed by atoms with E-state index in [0.717, 1.165) is 42.3 Å². The van der Waals surface area contributed by atoms with E-state index in [4.69, 9.17) is 0 Å². The Labute approximate surface area is 177 Å². The molecule has 2 heterocycles. The van der Waals surface area contributed by atoms with Crippen molar-refractivity contribution >= 4 is 34.6 Å². The Morgan fingerprint density at radius 3 is 1.45 bits per heavy atom. The lowest BCUT2D eigenvalue weighted by Crippen LogP contribution is -2.08. The van der Waals surface area contributed by atoms with E-state index in [0.29, 0.717) is 11.9 Å². The largest absolute Gasteiger partial charge is 0.385 e. The van der Waals surface area contributed by atoms with Crippen LogP contribution in [0.15, 0.2) is 81.6 Å². The number of azo groups is 2. The molecule has 4 rings (SSSR count). The summed E-state index contributed by atoms with van der Waals surface area (Å²) in [7, 11) is 0. The van der Waals surface area contributed by atoms with E-state index >= 15 is 0 Å². The Hall–Kier alpha value is -4.48. The maximum absolute atomic E-state index is 4.10. The van der Waals surface area contributed by atoms with Crippen molar-refractivity contribution in [2.24, 2.45) is 20.5 Å². The molecule has 2 aromatic carbocycles. The van der Waals surface area contributed by atoms with Gasteiger partial charge in [-0.2, -0.15) is 20.2 Å². The van der Waals surface area contributed by atoms with Gasteiger partial charge in [0.15, 0.2) is 0 Å². The zero-order valence-corrected chi connectivity index (χ0v) is 16.5. The van der Waals surface area contributed by atoms with E-state index in [-0.39, 0.29) is 0 Å². The number of benzene rings is 2. The van der Waals surface area contributed by atoms with Gasteiger partial charge in [0.25, 0.3) is 11.9 Å². The minimum Gasteiger partial charge on any atom is -0.385 e. The number of nitrogens with one attached hydrogen (secondary N) is 4. The first-order valence-corrected chi connectivity index (χ1v) is 9.57. The highest BCUT2D eigenvalue weighted by molar-refractivity contribution is 5.51. The van der Waals surface area contributed by atoms with Gasteiger partial charge in [0.2, 0.25) is 0 Å². The van der Waals surface area contributed by atoms with E-state index in [1.54, 1.807) is 0 Å². The minimum absolute atomic E-state index is 0.375. The van der Waals surface area contributed by atoms with Crippen LogP contribution in [-0.2, 0) is 0 Å². The highest BCUT2D eigenvalue weighted by Crippen LogP contribution is 2.19. The SMILES string of the molecule is c1n[nH]c(N=Nc2ccc(NCCCNc3ccc(N=Nc4ncn[nH]4)cc3)cc2)n1. The maximum atomic E-state index is 4.10. The van der Waals surface area contributed by atoms with Crippen molar-refractivity contribution in [1.29, 1.82) is 0 Å². The molecular formula is C19H20N12. The molecule has 0 aliphatic carbocycles. The summed E-state index contributed by atoms with van der Waals surface area (Å²) >= 11 is 0. The van der Waals surface area contributed by atoms with Crippen LogP contribution in [0.3, 0.4) is 0 Å². The molecule has 31 heavy (non-hydrogen) atoms. The molecule has 4 N–H and O–H groups in total. The zero-order valence-electron chi connectivity index (χ0n) is 16.5. The molecule has 0 saturated heterocycles. The van der Waals surface area contributed by atoms with Crippen molar-refractivity contribution in [3.05, 3.63) is 61.2 Å². The third kappa shape index (κ3) is 6.25. The standard InChI is InChI=1S/C19H20N12/c1(10-20-14-2-6-16(7-3-14)26-30-18-22-12-24-28-18)11-21-15-4-8-17(9-5-15)27-31-19-23-13-25-29-19/h2-9,12-13,20-21H,1,10-11H2,(H,22,24,28)(H,23,25,29). The first-order chi connectivity index (χ1) is 15.3. The van der Waals surface area contributed by atoms with Crippen LogP contribution in [0.2, 0.25) is 0 Å². The van der Waals surface area contributed by atoms with Gasteiger partial charge in [0.1, 0.15) is 12.7 Å². The van der Waals surface area contributed by atoms with Crippen LogP contribution >= 0.6 is 0 Å². The van der Waals surface area contributed by atoms with Gasteiger partial charge in [-0.15, -0.1) is 20.5 Å². The highest BCUT2D eigenvalue weighted by Gasteiger charge is 1.97. The van der Waals surface area contributed by atoms with Crippen LogP contribution in [0.25, 0.3) is 0 Å². The Kier molecular flexibility index (Phi) is 6.61. The molecule has 0 aliphatic rings. The van der Waals surface area contributed by atoms with Gasteiger partial charge in [-0.05, 0) is 55.0 Å². The Morgan fingerprint density at radius 1 is 0.613 bits per heavy atom. The van der Waals surface area contributed by atoms with E-state index in [9.17, 15) is 0 Å². The molecule has 0 radical (unpaired) electrons. The summed E-state index contributed by atoms with van der Waals surface area (Å²) in [4.78, 5) is 7.78. The first kappa shape index (κ1) is 19.8. The number of aromatic amines is 2. The summed E-state index contributed by atoms with van der Waals surface area (Å²) in [6.45, 7) is 1.69. The Morgan fingerprint density at radius 2 is 1.06 bits per heavy atom. The summed E-state index contributed by atoms with van der Waals surface area (Å²) in [5, 5.41) is 35.6. The van der Waals surface area contributed by atoms with Crippen molar-refractivity contribution < 1.29 is 0 Å². The molecule has 4 aromatic rings. The molecule has 0 bridgehead atoms. The monoisotopic (exact) mass is 416 g/mol. The average Bonchev–Trinajstić information content (AvgIpc) is 3.52. The average molecular weight is 416 g/mol. The fraction of sp³-hybridized carbons (Fsp3) is 0.158. The van der Waals surface area contributed by atoms with Crippen molar-refractivity contribution in [3.63, 3.8) is 0 Å². The summed E-state index contributed by atoms with van der Waals surface area (Å²) < 4.78 is 0. The molecule has 0 saturated carbocycles. The smallest absolute Gasteiger partial charge is 0.264 e. The molecule has 0 aliphatic heterocycles. The second-order valence-electron chi connectivity index (χ2n) is 6.32. The van der Waals surface area contributed by atoms with Crippen molar-refractivity contribution in [2.75, 3.05) is 23.7 Å². The van der Waals surface area contributed by atoms with Crippen molar-refractivity contribution in [2.45, 2.75) is 6.42 Å². The topological polar surface area (TPSA) is 157 Å². The summed E-state index contributed by atoms with van der Waals surface area (Å²) in [5.74, 6) is 0.750. The van der Waals surface area contributed by atoms with Crippen LogP contribution in [-0.4, -0.2) is 43.5 Å². The maximum Gasteiger partial charge on any atom is 0.264 e. The molecule has 2 aromatic heterocycles. The van der Waals surface area contributed by atoms with Gasteiger partial charge in [0, 0.05) is 24.5 Å². The molecule has 0 fully saturated rings. The summed E-state index contributed by atoms with van der Waals surface area (Å²) in [5.41, 5.74) is 3.54. The second-order valence-corrected chi connectivity index (χ2v) is 6.32. The molecule has 0 unspecified atom stereocenters. The Bertz CT molecular complexity index is 994. The lowest BCUT2D eigenvalue weighted by Gasteiger charge is -2.08. The number of hydrogen-bond donors (Lipinski definition) is 4. The number of rotatable bonds is 10. The number of hydrogen-bond acceptors (Lipinski definition) is 10. The van der Waals surface area contributed by atoms with Crippen LogP contribution in [0.4, 0.5) is 34.6 Å². The molecular weight excluding hydrogens is 396 g/mol. The summed E-state index contributed by atoms with van der Waals surface area (Å²) in [6, 6.07) is 15.4. The molecule has 0 amide bonds. The van der Waals surface area contributed by atoms with Gasteiger partial charge in [-0.25, -0.2) is 10.2 Å². The van der Waals surface area contributed by atoms with Gasteiger partial charge < -0.3 is 10.6 Å². The van der Waals surface area contributed by atoms with Crippen molar-refractivity contribution in [1.82, 2.24) is 30.4 Å². The van der Waals surface area contributed by atoms with E-state index in [1.807, 2.05) is 48.5 Å². The van der Waals surface area contributed by atoms with E-state index < -0.39 is 0 Å². The summed E-state index contributed by atoms with van der Waals surface area (Å²) in [6.07, 6.45) is 3.73. The predicted octanol–water partition coefficient (Wildman–Crippen LogP) is 4.67. The zero-order chi connectivity index (χ0) is 21.1. The molecule has 0 spiro atoms. The van der Waals surface area contributed by atoms with E-state index in [2.05, 4.69) is 61.5 Å². The van der Waals surface area contributed by atoms with Crippen LogP contribution in [0, 0.1) is 0 Å². The fourth-order valence-corrected chi connectivity index (χ4v) is 2.55. The molecule has 0 atom stereocenters. The molecule has 156 valence electrons. The van der Waals surface area contributed by atoms with Crippen LogP contribution in [0.1, 0.15) is 6.42 Å². The fourth-order valence-electron chi connectivity index (χ4n) is 2.55. The third-order valence-corrected chi connectivity index (χ3v) is 4.07. The minimum atomic E-state index is 0.375. The van der Waals surface area contributed by atoms with Gasteiger partial charge >= 0.3 is 0 Å². The van der Waals surface area contributed by atoms with Gasteiger partial charge in [0.05, 0.1) is 11.4 Å². The lowest BCUT2D eigenvalue weighted by atomic mass is 10.2. The van der Waals surface area contributed by atoms with Crippen LogP contribution < -0.4 is 10.6 Å². The quantitative estimate of drug-likeness (QED) is 0.217. The predicted molar refractivity (Wildman–Crippen MR) is 116 cm³/mol. The highest BCUT2D eigenvalue weighted by atomic mass is 15.3.